The second-order valence-electron chi connectivity index (χ2n) is 4.80. The summed E-state index contributed by atoms with van der Waals surface area (Å²) in [5.74, 6) is 5.31. The van der Waals surface area contributed by atoms with E-state index in [2.05, 4.69) is 10.7 Å². The van der Waals surface area contributed by atoms with Crippen LogP contribution in [0.3, 0.4) is 0 Å². The number of carbonyl (C=O) groups excluding carboxylic acids is 1. The van der Waals surface area contributed by atoms with E-state index in [4.69, 9.17) is 10.6 Å². The highest BCUT2D eigenvalue weighted by Gasteiger charge is 2.16. The Morgan fingerprint density at radius 3 is 2.53 bits per heavy atom. The van der Waals surface area contributed by atoms with Crippen molar-refractivity contribution in [3.8, 4) is 0 Å². The predicted molar refractivity (Wildman–Crippen MR) is 68.8 cm³/mol. The van der Waals surface area contributed by atoms with Crippen molar-refractivity contribution < 1.29 is 9.53 Å². The number of carbonyl (C=O) groups is 1. The minimum absolute atomic E-state index is 0.477. The summed E-state index contributed by atoms with van der Waals surface area (Å²) in [6.45, 7) is 7.35. The fourth-order valence-electron chi connectivity index (χ4n) is 1.26. The number of hydrogen-bond acceptors (Lipinski definition) is 4. The molecule has 5 nitrogen and oxygen atoms in total. The van der Waals surface area contributed by atoms with Crippen LogP contribution in [0.25, 0.3) is 0 Å². The zero-order valence-electron chi connectivity index (χ0n) is 10.6. The molecule has 0 aromatic heterocycles. The number of anilines is 2. The third-order valence-electron chi connectivity index (χ3n) is 2.04. The second kappa shape index (κ2) is 5.05. The lowest BCUT2D eigenvalue weighted by Gasteiger charge is -2.20. The van der Waals surface area contributed by atoms with Crippen LogP contribution in [0.1, 0.15) is 26.3 Å². The number of rotatable bonds is 2. The molecule has 1 rings (SSSR count). The number of aryl methyl sites for hydroxylation is 1. The third kappa shape index (κ3) is 4.32. The van der Waals surface area contributed by atoms with E-state index in [9.17, 15) is 4.79 Å². The van der Waals surface area contributed by atoms with Crippen molar-refractivity contribution in [3.63, 3.8) is 0 Å². The maximum Gasteiger partial charge on any atom is 0.412 e. The average molecular weight is 237 g/mol. The van der Waals surface area contributed by atoms with Crippen molar-refractivity contribution in [2.75, 3.05) is 10.7 Å². The van der Waals surface area contributed by atoms with Gasteiger partial charge in [-0.3, -0.25) is 11.2 Å². The van der Waals surface area contributed by atoms with Crippen molar-refractivity contribution in [2.24, 2.45) is 5.84 Å². The molecule has 0 aliphatic carbocycles. The van der Waals surface area contributed by atoms with Gasteiger partial charge in [-0.05, 0) is 45.4 Å². The monoisotopic (exact) mass is 237 g/mol. The zero-order valence-corrected chi connectivity index (χ0v) is 10.6. The fourth-order valence-corrected chi connectivity index (χ4v) is 1.26. The molecule has 17 heavy (non-hydrogen) atoms. The lowest BCUT2D eigenvalue weighted by atomic mass is 10.2. The molecule has 0 saturated carbocycles. The molecule has 0 unspecified atom stereocenters. The quantitative estimate of drug-likeness (QED) is 0.546. The standard InChI is InChI=1S/C12H19N3O2/c1-8-5-6-9(15-13)7-10(8)14-11(16)17-12(2,3)4/h5-7,15H,13H2,1-4H3,(H,14,16). The van der Waals surface area contributed by atoms with Crippen molar-refractivity contribution >= 4 is 17.5 Å². The molecule has 94 valence electrons. The van der Waals surface area contributed by atoms with Crippen LogP contribution in [0.2, 0.25) is 0 Å². The normalized spacial score (nSPS) is 10.9. The number of nitrogens with two attached hydrogens (primary N) is 1. The number of hydrazine groups is 1. The van der Waals surface area contributed by atoms with Gasteiger partial charge in [-0.1, -0.05) is 6.07 Å². The molecule has 0 aliphatic rings. The highest BCUT2D eigenvalue weighted by atomic mass is 16.6. The second-order valence-corrected chi connectivity index (χ2v) is 4.80. The average Bonchev–Trinajstić information content (AvgIpc) is 2.18. The topological polar surface area (TPSA) is 76.4 Å². The first-order chi connectivity index (χ1) is 7.81. The van der Waals surface area contributed by atoms with Crippen LogP contribution < -0.4 is 16.6 Å². The molecule has 4 N–H and O–H groups in total. The Kier molecular flexibility index (Phi) is 3.96. The van der Waals surface area contributed by atoms with E-state index in [1.54, 1.807) is 6.07 Å². The number of benzene rings is 1. The summed E-state index contributed by atoms with van der Waals surface area (Å²) in [4.78, 5) is 11.6. The van der Waals surface area contributed by atoms with Crippen molar-refractivity contribution in [3.05, 3.63) is 23.8 Å². The molecule has 0 bridgehead atoms. The number of hydrogen-bond donors (Lipinski definition) is 3. The summed E-state index contributed by atoms with van der Waals surface area (Å²) >= 11 is 0. The lowest BCUT2D eigenvalue weighted by molar-refractivity contribution is 0.0636. The van der Waals surface area contributed by atoms with Crippen LogP contribution in [-0.4, -0.2) is 11.7 Å². The SMILES string of the molecule is Cc1ccc(NN)cc1NC(=O)OC(C)(C)C. The molecule has 0 spiro atoms. The number of amides is 1. The summed E-state index contributed by atoms with van der Waals surface area (Å²) in [5, 5.41) is 2.68. The summed E-state index contributed by atoms with van der Waals surface area (Å²) in [7, 11) is 0. The highest BCUT2D eigenvalue weighted by molar-refractivity contribution is 5.86. The third-order valence-corrected chi connectivity index (χ3v) is 2.04. The van der Waals surface area contributed by atoms with Gasteiger partial charge in [0.1, 0.15) is 5.60 Å². The van der Waals surface area contributed by atoms with Gasteiger partial charge in [-0.25, -0.2) is 4.79 Å². The summed E-state index contributed by atoms with van der Waals surface area (Å²) in [6, 6.07) is 5.44. The molecule has 1 aromatic rings. The molecule has 1 amide bonds. The molecule has 0 fully saturated rings. The number of nitrogens with one attached hydrogen (secondary N) is 2. The van der Waals surface area contributed by atoms with E-state index in [1.165, 1.54) is 0 Å². The Labute approximate surface area is 101 Å². The molecular weight excluding hydrogens is 218 g/mol. The zero-order chi connectivity index (χ0) is 13.1. The van der Waals surface area contributed by atoms with Gasteiger partial charge in [0.2, 0.25) is 0 Å². The van der Waals surface area contributed by atoms with E-state index in [-0.39, 0.29) is 0 Å². The van der Waals surface area contributed by atoms with E-state index in [1.807, 2.05) is 39.8 Å². The first kappa shape index (κ1) is 13.3. The molecule has 5 heteroatoms. The maximum atomic E-state index is 11.6. The van der Waals surface area contributed by atoms with Crippen LogP contribution in [0.15, 0.2) is 18.2 Å². The van der Waals surface area contributed by atoms with Crippen molar-refractivity contribution in [1.82, 2.24) is 0 Å². The maximum absolute atomic E-state index is 11.6. The van der Waals surface area contributed by atoms with Crippen LogP contribution in [0.4, 0.5) is 16.2 Å². The Morgan fingerprint density at radius 1 is 1.35 bits per heavy atom. The van der Waals surface area contributed by atoms with Gasteiger partial charge < -0.3 is 10.2 Å². The summed E-state index contributed by atoms with van der Waals surface area (Å²) in [5.41, 5.74) is 4.35. The Hall–Kier alpha value is -1.75. The van der Waals surface area contributed by atoms with Crippen molar-refractivity contribution in [2.45, 2.75) is 33.3 Å². The number of ether oxygens (including phenoxy) is 1. The van der Waals surface area contributed by atoms with Gasteiger partial charge in [-0.15, -0.1) is 0 Å². The molecule has 0 aliphatic heterocycles. The molecule has 0 atom stereocenters. The van der Waals surface area contributed by atoms with Gasteiger partial charge in [0.25, 0.3) is 0 Å². The Bertz CT molecular complexity index is 411. The largest absolute Gasteiger partial charge is 0.444 e. The molecular formula is C12H19N3O2. The smallest absolute Gasteiger partial charge is 0.412 e. The first-order valence-electron chi connectivity index (χ1n) is 5.39. The van der Waals surface area contributed by atoms with Gasteiger partial charge in [0.05, 0.1) is 5.69 Å². The summed E-state index contributed by atoms with van der Waals surface area (Å²) < 4.78 is 5.17. The molecule has 0 radical (unpaired) electrons. The first-order valence-corrected chi connectivity index (χ1v) is 5.39. The minimum Gasteiger partial charge on any atom is -0.444 e. The molecule has 0 saturated heterocycles. The number of nitrogen functional groups attached to an aromatic ring is 1. The van der Waals surface area contributed by atoms with Crippen LogP contribution in [0, 0.1) is 6.92 Å². The van der Waals surface area contributed by atoms with Crippen LogP contribution in [0.5, 0.6) is 0 Å². The van der Waals surface area contributed by atoms with Crippen LogP contribution in [-0.2, 0) is 4.74 Å². The Balaban J connectivity index is 2.77. The van der Waals surface area contributed by atoms with E-state index >= 15 is 0 Å². The van der Waals surface area contributed by atoms with Gasteiger partial charge in [0, 0.05) is 5.69 Å². The van der Waals surface area contributed by atoms with E-state index < -0.39 is 11.7 Å². The molecule has 1 aromatic carbocycles. The minimum atomic E-state index is -0.512. The van der Waals surface area contributed by atoms with E-state index in [0.29, 0.717) is 5.69 Å². The molecule has 0 heterocycles. The predicted octanol–water partition coefficient (Wildman–Crippen LogP) is 2.63. The van der Waals surface area contributed by atoms with E-state index in [0.717, 1.165) is 11.3 Å². The van der Waals surface area contributed by atoms with Crippen molar-refractivity contribution in [1.29, 1.82) is 0 Å². The lowest BCUT2D eigenvalue weighted by Crippen LogP contribution is -2.27. The van der Waals surface area contributed by atoms with Gasteiger partial charge in [-0.2, -0.15) is 0 Å². The van der Waals surface area contributed by atoms with Gasteiger partial charge in [0.15, 0.2) is 0 Å². The Morgan fingerprint density at radius 2 is 2.00 bits per heavy atom. The fraction of sp³-hybridized carbons (Fsp3) is 0.417. The summed E-state index contributed by atoms with van der Waals surface area (Å²) in [6.07, 6.45) is -0.477. The van der Waals surface area contributed by atoms with Crippen LogP contribution >= 0.6 is 0 Å². The highest BCUT2D eigenvalue weighted by Crippen LogP contribution is 2.20. The van der Waals surface area contributed by atoms with Gasteiger partial charge >= 0.3 is 6.09 Å².